The topological polar surface area (TPSA) is 62.3 Å². The van der Waals surface area contributed by atoms with Crippen LogP contribution in [-0.4, -0.2) is 41.3 Å². The van der Waals surface area contributed by atoms with Crippen molar-refractivity contribution >= 4 is 23.4 Å². The van der Waals surface area contributed by atoms with Gasteiger partial charge in [-0.1, -0.05) is 11.6 Å². The largest absolute Gasteiger partial charge is 0.352 e. The quantitative estimate of drug-likeness (QED) is 0.888. The molecule has 18 heavy (non-hydrogen) atoms. The summed E-state index contributed by atoms with van der Waals surface area (Å²) >= 11 is 5.79. The van der Waals surface area contributed by atoms with Gasteiger partial charge < -0.3 is 10.2 Å². The van der Waals surface area contributed by atoms with Gasteiger partial charge in [-0.15, -0.1) is 0 Å². The Balaban J connectivity index is 1.93. The molecule has 1 heterocycles. The average Bonchev–Trinajstić information content (AvgIpc) is 3.11. The molecule has 0 radical (unpaired) electrons. The number of carbonyl (C=O) groups is 2. The minimum absolute atomic E-state index is 0.0313. The van der Waals surface area contributed by atoms with Gasteiger partial charge in [0.15, 0.2) is 0 Å². The monoisotopic (exact) mass is 267 g/mol. The van der Waals surface area contributed by atoms with Crippen LogP contribution in [0.5, 0.6) is 0 Å². The van der Waals surface area contributed by atoms with Gasteiger partial charge in [0.05, 0.1) is 6.54 Å². The zero-order valence-corrected chi connectivity index (χ0v) is 10.8. The number of hydrogen-bond donors (Lipinski definition) is 1. The molecule has 96 valence electrons. The predicted octanol–water partition coefficient (Wildman–Crippen LogP) is 1.09. The normalized spacial score (nSPS) is 14.1. The molecule has 0 aliphatic heterocycles. The van der Waals surface area contributed by atoms with Gasteiger partial charge in [-0.3, -0.25) is 14.6 Å². The van der Waals surface area contributed by atoms with Crippen LogP contribution in [0, 0.1) is 0 Å². The van der Waals surface area contributed by atoms with Crippen LogP contribution in [0.4, 0.5) is 0 Å². The van der Waals surface area contributed by atoms with Gasteiger partial charge in [0.25, 0.3) is 5.91 Å². The lowest BCUT2D eigenvalue weighted by atomic mass is 10.3. The summed E-state index contributed by atoms with van der Waals surface area (Å²) in [5, 5.41) is 3.27. The minimum Gasteiger partial charge on any atom is -0.352 e. The molecule has 0 saturated heterocycles. The molecule has 0 bridgehead atoms. The fraction of sp³-hybridized carbons (Fsp3) is 0.417. The number of amides is 2. The maximum atomic E-state index is 12.0. The molecular formula is C12H14ClN3O2. The van der Waals surface area contributed by atoms with Crippen molar-refractivity contribution in [2.24, 2.45) is 0 Å². The first-order valence-corrected chi connectivity index (χ1v) is 6.10. The highest BCUT2D eigenvalue weighted by atomic mass is 35.5. The van der Waals surface area contributed by atoms with Crippen LogP contribution >= 0.6 is 11.6 Å². The molecule has 1 aliphatic rings. The molecule has 2 rings (SSSR count). The van der Waals surface area contributed by atoms with Gasteiger partial charge in [0, 0.05) is 24.3 Å². The maximum absolute atomic E-state index is 12.0. The van der Waals surface area contributed by atoms with Crippen LogP contribution in [0.1, 0.15) is 23.3 Å². The van der Waals surface area contributed by atoms with Gasteiger partial charge in [-0.05, 0) is 25.0 Å². The Morgan fingerprint density at radius 2 is 2.28 bits per heavy atom. The van der Waals surface area contributed by atoms with Crippen molar-refractivity contribution in [1.82, 2.24) is 15.2 Å². The van der Waals surface area contributed by atoms with E-state index >= 15 is 0 Å². The minimum atomic E-state index is -0.316. The predicted molar refractivity (Wildman–Crippen MR) is 67.4 cm³/mol. The highest BCUT2D eigenvalue weighted by molar-refractivity contribution is 6.30. The second-order valence-corrected chi connectivity index (χ2v) is 4.80. The van der Waals surface area contributed by atoms with Gasteiger partial charge in [-0.2, -0.15) is 0 Å². The number of pyridine rings is 1. The van der Waals surface area contributed by atoms with Crippen LogP contribution in [0.15, 0.2) is 18.3 Å². The Morgan fingerprint density at radius 3 is 2.89 bits per heavy atom. The molecule has 1 N–H and O–H groups in total. The lowest BCUT2D eigenvalue weighted by molar-refractivity contribution is -0.121. The first-order valence-electron chi connectivity index (χ1n) is 5.72. The van der Waals surface area contributed by atoms with Crippen molar-refractivity contribution < 1.29 is 9.59 Å². The Kier molecular flexibility index (Phi) is 3.81. The molecule has 1 aliphatic carbocycles. The van der Waals surface area contributed by atoms with Crippen LogP contribution in [0.3, 0.4) is 0 Å². The zero-order chi connectivity index (χ0) is 13.1. The molecule has 5 nitrogen and oxygen atoms in total. The standard InChI is InChI=1S/C12H14ClN3O2/c1-16(7-11(17)15-9-2-3-9)12(18)10-6-8(13)4-5-14-10/h4-6,9H,2-3,7H2,1H3,(H,15,17). The Hall–Kier alpha value is -1.62. The highest BCUT2D eigenvalue weighted by Gasteiger charge is 2.24. The average molecular weight is 268 g/mol. The number of nitrogens with zero attached hydrogens (tertiary/aromatic N) is 2. The lowest BCUT2D eigenvalue weighted by Gasteiger charge is -2.16. The summed E-state index contributed by atoms with van der Waals surface area (Å²) in [6.07, 6.45) is 3.52. The molecule has 0 spiro atoms. The number of halogens is 1. The molecule has 1 aromatic rings. The van der Waals surface area contributed by atoms with Crippen LogP contribution in [-0.2, 0) is 4.79 Å². The summed E-state index contributed by atoms with van der Waals surface area (Å²) in [5.41, 5.74) is 0.240. The Labute approximate surface area is 110 Å². The van der Waals surface area contributed by atoms with Crippen LogP contribution in [0.2, 0.25) is 5.02 Å². The summed E-state index contributed by atoms with van der Waals surface area (Å²) in [7, 11) is 1.57. The van der Waals surface area contributed by atoms with Crippen molar-refractivity contribution in [2.75, 3.05) is 13.6 Å². The van der Waals surface area contributed by atoms with E-state index in [0.717, 1.165) is 12.8 Å². The van der Waals surface area contributed by atoms with E-state index in [4.69, 9.17) is 11.6 Å². The fourth-order valence-electron chi connectivity index (χ4n) is 1.51. The first kappa shape index (κ1) is 12.8. The SMILES string of the molecule is CN(CC(=O)NC1CC1)C(=O)c1cc(Cl)ccn1. The highest BCUT2D eigenvalue weighted by Crippen LogP contribution is 2.18. The third kappa shape index (κ3) is 3.43. The molecule has 1 fully saturated rings. The summed E-state index contributed by atoms with van der Waals surface area (Å²) in [6.45, 7) is 0.0313. The van der Waals surface area contributed by atoms with E-state index in [1.54, 1.807) is 13.1 Å². The second kappa shape index (κ2) is 5.35. The number of rotatable bonds is 4. The molecule has 1 saturated carbocycles. The Morgan fingerprint density at radius 1 is 1.56 bits per heavy atom. The molecular weight excluding hydrogens is 254 g/mol. The molecule has 0 aromatic carbocycles. The summed E-state index contributed by atoms with van der Waals surface area (Å²) in [4.78, 5) is 28.8. The number of nitrogens with one attached hydrogen (secondary N) is 1. The van der Waals surface area contributed by atoms with E-state index in [0.29, 0.717) is 11.1 Å². The number of aromatic nitrogens is 1. The van der Waals surface area contributed by atoms with Crippen LogP contribution < -0.4 is 5.32 Å². The van der Waals surface area contributed by atoms with Crippen molar-refractivity contribution in [3.8, 4) is 0 Å². The number of likely N-dealkylation sites (N-methyl/N-ethyl adjacent to an activating group) is 1. The van der Waals surface area contributed by atoms with E-state index < -0.39 is 0 Å². The number of hydrogen-bond acceptors (Lipinski definition) is 3. The van der Waals surface area contributed by atoms with Gasteiger partial charge in [0.1, 0.15) is 5.69 Å². The number of carbonyl (C=O) groups excluding carboxylic acids is 2. The lowest BCUT2D eigenvalue weighted by Crippen LogP contribution is -2.39. The van der Waals surface area contributed by atoms with Crippen molar-refractivity contribution in [1.29, 1.82) is 0 Å². The Bertz CT molecular complexity index is 474. The zero-order valence-electron chi connectivity index (χ0n) is 10.0. The van der Waals surface area contributed by atoms with Crippen LogP contribution in [0.25, 0.3) is 0 Å². The second-order valence-electron chi connectivity index (χ2n) is 4.36. The van der Waals surface area contributed by atoms with Crippen molar-refractivity contribution in [3.63, 3.8) is 0 Å². The fourth-order valence-corrected chi connectivity index (χ4v) is 1.67. The molecule has 2 amide bonds. The summed E-state index contributed by atoms with van der Waals surface area (Å²) in [6, 6.07) is 3.38. The molecule has 0 unspecified atom stereocenters. The van der Waals surface area contributed by atoms with E-state index in [-0.39, 0.29) is 24.1 Å². The first-order chi connectivity index (χ1) is 8.56. The van der Waals surface area contributed by atoms with Crippen molar-refractivity contribution in [2.45, 2.75) is 18.9 Å². The van der Waals surface area contributed by atoms with Gasteiger partial charge >= 0.3 is 0 Å². The van der Waals surface area contributed by atoms with E-state index in [2.05, 4.69) is 10.3 Å². The van der Waals surface area contributed by atoms with Gasteiger partial charge in [-0.25, -0.2) is 0 Å². The molecule has 1 aromatic heterocycles. The van der Waals surface area contributed by atoms with E-state index in [1.165, 1.54) is 17.2 Å². The summed E-state index contributed by atoms with van der Waals surface area (Å²) in [5.74, 6) is -0.459. The summed E-state index contributed by atoms with van der Waals surface area (Å²) < 4.78 is 0. The maximum Gasteiger partial charge on any atom is 0.272 e. The molecule has 6 heteroatoms. The van der Waals surface area contributed by atoms with E-state index in [1.807, 2.05) is 0 Å². The van der Waals surface area contributed by atoms with E-state index in [9.17, 15) is 9.59 Å². The van der Waals surface area contributed by atoms with Crippen molar-refractivity contribution in [3.05, 3.63) is 29.0 Å². The smallest absolute Gasteiger partial charge is 0.272 e. The third-order valence-electron chi connectivity index (χ3n) is 2.61. The molecule has 0 atom stereocenters. The third-order valence-corrected chi connectivity index (χ3v) is 2.85. The van der Waals surface area contributed by atoms with Gasteiger partial charge in [0.2, 0.25) is 5.91 Å².